The normalized spacial score (nSPS) is 12.8. The maximum absolute atomic E-state index is 3.69. The molecule has 1 nitrogen and oxygen atoms in total. The number of halogens is 1. The molecule has 18 heavy (non-hydrogen) atoms. The Kier molecular flexibility index (Phi) is 9.33. The summed E-state index contributed by atoms with van der Waals surface area (Å²) in [7, 11) is 0. The van der Waals surface area contributed by atoms with Crippen molar-refractivity contribution in [3.05, 3.63) is 19.9 Å². The van der Waals surface area contributed by atoms with Gasteiger partial charge in [-0.2, -0.15) is 0 Å². The van der Waals surface area contributed by atoms with E-state index in [0.29, 0.717) is 6.04 Å². The number of hydrogen-bond acceptors (Lipinski definition) is 2. The molecule has 0 fully saturated rings. The van der Waals surface area contributed by atoms with Crippen molar-refractivity contribution in [2.45, 2.75) is 64.8 Å². The van der Waals surface area contributed by atoms with Gasteiger partial charge in [0.05, 0.1) is 2.88 Å². The van der Waals surface area contributed by atoms with Crippen LogP contribution in [0, 0.1) is 2.88 Å². The van der Waals surface area contributed by atoms with E-state index in [1.807, 2.05) is 11.3 Å². The van der Waals surface area contributed by atoms with Crippen LogP contribution < -0.4 is 5.32 Å². The summed E-state index contributed by atoms with van der Waals surface area (Å²) in [5, 5.41) is 6.01. The number of hydrogen-bond donors (Lipinski definition) is 1. The predicted octanol–water partition coefficient (Wildman–Crippen LogP) is 5.75. The Bertz CT molecular complexity index is 311. The smallest absolute Gasteiger partial charge is 0.0656 e. The summed E-state index contributed by atoms with van der Waals surface area (Å²) >= 11 is 4.28. The van der Waals surface area contributed by atoms with Crippen LogP contribution in [-0.4, -0.2) is 6.54 Å². The molecule has 1 rings (SSSR count). The van der Waals surface area contributed by atoms with E-state index in [-0.39, 0.29) is 0 Å². The Morgan fingerprint density at radius 3 is 2.56 bits per heavy atom. The highest BCUT2D eigenvalue weighted by Crippen LogP contribution is 2.26. The largest absolute Gasteiger partial charge is 0.310 e. The fourth-order valence-electron chi connectivity index (χ4n) is 2.16. The third-order valence-corrected chi connectivity index (χ3v) is 5.03. The molecule has 0 saturated carbocycles. The molecule has 0 aliphatic heterocycles. The summed E-state index contributed by atoms with van der Waals surface area (Å²) in [4.78, 5) is 0. The zero-order valence-corrected chi connectivity index (χ0v) is 14.6. The second-order valence-electron chi connectivity index (χ2n) is 4.89. The highest BCUT2D eigenvalue weighted by atomic mass is 127. The van der Waals surface area contributed by atoms with Crippen molar-refractivity contribution in [1.29, 1.82) is 0 Å². The van der Waals surface area contributed by atoms with E-state index in [4.69, 9.17) is 0 Å². The number of thiophene rings is 1. The van der Waals surface area contributed by atoms with Crippen molar-refractivity contribution in [1.82, 2.24) is 5.32 Å². The molecule has 0 aliphatic carbocycles. The molecule has 3 heteroatoms. The van der Waals surface area contributed by atoms with Gasteiger partial charge in [0.25, 0.3) is 0 Å². The van der Waals surface area contributed by atoms with E-state index in [0.717, 1.165) is 6.54 Å². The Labute approximate surface area is 130 Å². The van der Waals surface area contributed by atoms with Crippen LogP contribution in [0.5, 0.6) is 0 Å². The molecule has 1 aromatic heterocycles. The van der Waals surface area contributed by atoms with E-state index < -0.39 is 0 Å². The minimum Gasteiger partial charge on any atom is -0.310 e. The number of rotatable bonds is 10. The van der Waals surface area contributed by atoms with Gasteiger partial charge < -0.3 is 5.32 Å². The summed E-state index contributed by atoms with van der Waals surface area (Å²) in [5.74, 6) is 0. The molecule has 0 bridgehead atoms. The van der Waals surface area contributed by atoms with Gasteiger partial charge in [0.15, 0.2) is 0 Å². The van der Waals surface area contributed by atoms with Gasteiger partial charge in [-0.25, -0.2) is 0 Å². The van der Waals surface area contributed by atoms with Crippen LogP contribution in [0.1, 0.15) is 70.4 Å². The van der Waals surface area contributed by atoms with E-state index in [1.54, 1.807) is 0 Å². The quantitative estimate of drug-likeness (QED) is 0.403. The van der Waals surface area contributed by atoms with Crippen LogP contribution in [0.3, 0.4) is 0 Å². The fourth-order valence-corrected chi connectivity index (χ4v) is 3.59. The first-order chi connectivity index (χ1) is 8.77. The van der Waals surface area contributed by atoms with E-state index >= 15 is 0 Å². The number of nitrogens with one attached hydrogen (secondary N) is 1. The highest BCUT2D eigenvalue weighted by molar-refractivity contribution is 14.1. The summed E-state index contributed by atoms with van der Waals surface area (Å²) in [5.41, 5.74) is 1.49. The summed E-state index contributed by atoms with van der Waals surface area (Å²) in [6.45, 7) is 5.65. The van der Waals surface area contributed by atoms with Crippen molar-refractivity contribution in [2.75, 3.05) is 6.54 Å². The van der Waals surface area contributed by atoms with Crippen LogP contribution in [0.25, 0.3) is 0 Å². The first-order valence-electron chi connectivity index (χ1n) is 7.25. The molecule has 1 heterocycles. The molecule has 0 saturated heterocycles. The molecule has 1 atom stereocenters. The van der Waals surface area contributed by atoms with Crippen molar-refractivity contribution >= 4 is 33.9 Å². The predicted molar refractivity (Wildman–Crippen MR) is 91.4 cm³/mol. The van der Waals surface area contributed by atoms with Gasteiger partial charge in [0.1, 0.15) is 0 Å². The molecule has 0 radical (unpaired) electrons. The van der Waals surface area contributed by atoms with E-state index in [2.05, 4.69) is 53.2 Å². The Morgan fingerprint density at radius 2 is 1.94 bits per heavy atom. The van der Waals surface area contributed by atoms with Crippen LogP contribution in [0.4, 0.5) is 0 Å². The first kappa shape index (κ1) is 16.4. The van der Waals surface area contributed by atoms with Crippen LogP contribution >= 0.6 is 33.9 Å². The zero-order valence-electron chi connectivity index (χ0n) is 11.7. The molecule has 0 aromatic carbocycles. The average Bonchev–Trinajstić information content (AvgIpc) is 2.79. The minimum atomic E-state index is 0.575. The number of unbranched alkanes of at least 4 members (excludes halogenated alkanes) is 4. The van der Waals surface area contributed by atoms with Crippen molar-refractivity contribution in [3.63, 3.8) is 0 Å². The van der Waals surface area contributed by atoms with Gasteiger partial charge in [-0.05, 0) is 59.0 Å². The molecule has 1 N–H and O–H groups in total. The lowest BCUT2D eigenvalue weighted by molar-refractivity contribution is 0.469. The summed E-state index contributed by atoms with van der Waals surface area (Å²) < 4.78 is 1.40. The van der Waals surface area contributed by atoms with Gasteiger partial charge in [0, 0.05) is 6.04 Å². The molecule has 0 amide bonds. The fraction of sp³-hybridized carbons (Fsp3) is 0.733. The molecule has 0 spiro atoms. The Morgan fingerprint density at radius 1 is 1.17 bits per heavy atom. The highest BCUT2D eigenvalue weighted by Gasteiger charge is 2.11. The molecule has 104 valence electrons. The lowest BCUT2D eigenvalue weighted by atomic mass is 10.0. The van der Waals surface area contributed by atoms with Gasteiger partial charge in [-0.3, -0.25) is 0 Å². The van der Waals surface area contributed by atoms with Crippen LogP contribution in [0.15, 0.2) is 11.4 Å². The van der Waals surface area contributed by atoms with Gasteiger partial charge >= 0.3 is 0 Å². The maximum Gasteiger partial charge on any atom is 0.0656 e. The van der Waals surface area contributed by atoms with Crippen LogP contribution in [0.2, 0.25) is 0 Å². The van der Waals surface area contributed by atoms with E-state index in [9.17, 15) is 0 Å². The lowest BCUT2D eigenvalue weighted by Gasteiger charge is -2.17. The second kappa shape index (κ2) is 10.2. The third kappa shape index (κ3) is 6.53. The zero-order chi connectivity index (χ0) is 13.2. The Balaban J connectivity index is 2.36. The van der Waals surface area contributed by atoms with Crippen molar-refractivity contribution in [3.8, 4) is 0 Å². The van der Waals surface area contributed by atoms with E-state index in [1.165, 1.54) is 53.4 Å². The second-order valence-corrected chi connectivity index (χ2v) is 7.70. The minimum absolute atomic E-state index is 0.575. The topological polar surface area (TPSA) is 12.0 Å². The summed E-state index contributed by atoms with van der Waals surface area (Å²) in [6.07, 6.45) is 9.37. The first-order valence-corrected chi connectivity index (χ1v) is 9.21. The lowest BCUT2D eigenvalue weighted by Crippen LogP contribution is -2.21. The average molecular weight is 379 g/mol. The molecule has 1 aromatic rings. The third-order valence-electron chi connectivity index (χ3n) is 3.23. The molecular weight excluding hydrogens is 353 g/mol. The SMILES string of the molecule is CCCCCCCC(NCCC)c1csc(I)c1. The standard InChI is InChI=1S/C15H26INS/c1-3-5-6-7-8-9-14(17-10-4-2)13-11-15(16)18-12-13/h11-12,14,17H,3-10H2,1-2H3. The van der Waals surface area contributed by atoms with Gasteiger partial charge in [0.2, 0.25) is 0 Å². The maximum atomic E-state index is 3.69. The molecular formula is C15H26INS. The monoisotopic (exact) mass is 379 g/mol. The van der Waals surface area contributed by atoms with Gasteiger partial charge in [-0.1, -0.05) is 46.0 Å². The molecule has 1 unspecified atom stereocenters. The summed E-state index contributed by atoms with van der Waals surface area (Å²) in [6, 6.07) is 2.91. The Hall–Kier alpha value is 0.390. The van der Waals surface area contributed by atoms with Gasteiger partial charge in [-0.15, -0.1) is 11.3 Å². The molecule has 0 aliphatic rings. The van der Waals surface area contributed by atoms with Crippen LogP contribution in [-0.2, 0) is 0 Å². The van der Waals surface area contributed by atoms with Crippen molar-refractivity contribution in [2.24, 2.45) is 0 Å². The van der Waals surface area contributed by atoms with Crippen molar-refractivity contribution < 1.29 is 0 Å².